The fraction of sp³-hybridized carbons (Fsp3) is 0.500. The number of anilines is 1. The van der Waals surface area contributed by atoms with Crippen LogP contribution in [-0.2, 0) is 0 Å². The Morgan fingerprint density at radius 1 is 1.24 bits per heavy atom. The van der Waals surface area contributed by atoms with Crippen LogP contribution in [0, 0.1) is 11.8 Å². The molecule has 1 aromatic carbocycles. The van der Waals surface area contributed by atoms with Gasteiger partial charge in [-0.1, -0.05) is 18.6 Å². The molecule has 2 unspecified atom stereocenters. The van der Waals surface area contributed by atoms with Gasteiger partial charge < -0.3 is 10.1 Å². The van der Waals surface area contributed by atoms with Crippen LogP contribution in [0.2, 0.25) is 0 Å². The number of nitrogens with one attached hydrogen (secondary N) is 1. The highest BCUT2D eigenvalue weighted by molar-refractivity contribution is 5.46. The predicted octanol–water partition coefficient (Wildman–Crippen LogP) is 4.99. The zero-order chi connectivity index (χ0) is 15.5. The van der Waals surface area contributed by atoms with Crippen LogP contribution in [0.15, 0.2) is 35.9 Å². The summed E-state index contributed by atoms with van der Waals surface area (Å²) in [5.74, 6) is 0.960. The van der Waals surface area contributed by atoms with Crippen molar-refractivity contribution >= 4 is 5.69 Å². The third-order valence-corrected chi connectivity index (χ3v) is 3.57. The fourth-order valence-electron chi connectivity index (χ4n) is 2.88. The van der Waals surface area contributed by atoms with Gasteiger partial charge >= 0.3 is 6.36 Å². The molecule has 0 fully saturated rings. The molecule has 0 spiro atoms. The van der Waals surface area contributed by atoms with Crippen molar-refractivity contribution < 1.29 is 17.9 Å². The molecule has 1 aliphatic carbocycles. The molecule has 21 heavy (non-hydrogen) atoms. The highest BCUT2D eigenvalue weighted by atomic mass is 19.4. The Kier molecular flexibility index (Phi) is 4.80. The van der Waals surface area contributed by atoms with Crippen molar-refractivity contribution in [3.05, 3.63) is 35.9 Å². The molecule has 2 rings (SSSR count). The lowest BCUT2D eigenvalue weighted by molar-refractivity contribution is -0.274. The Labute approximate surface area is 123 Å². The number of halogens is 3. The maximum absolute atomic E-state index is 12.1. The van der Waals surface area contributed by atoms with Gasteiger partial charge in [0.2, 0.25) is 0 Å². The lowest BCUT2D eigenvalue weighted by Gasteiger charge is -2.26. The van der Waals surface area contributed by atoms with Gasteiger partial charge in [0.25, 0.3) is 0 Å². The standard InChI is InChI=1S/C16H20F3NO/c1-11-7-12(2)9-13(8-11)10-20-14-3-5-15(6-4-14)21-16(17,18)19/h3-7,11,13,20H,8-10H2,1-2H3. The van der Waals surface area contributed by atoms with Crippen LogP contribution >= 0.6 is 0 Å². The number of benzene rings is 1. The van der Waals surface area contributed by atoms with E-state index < -0.39 is 6.36 Å². The molecule has 0 heterocycles. The molecule has 0 radical (unpaired) electrons. The first-order chi connectivity index (χ1) is 9.82. The summed E-state index contributed by atoms with van der Waals surface area (Å²) in [7, 11) is 0. The lowest BCUT2D eigenvalue weighted by Crippen LogP contribution is -2.20. The van der Waals surface area contributed by atoms with E-state index in [0.717, 1.165) is 25.1 Å². The van der Waals surface area contributed by atoms with Crippen LogP contribution in [0.5, 0.6) is 5.75 Å². The maximum atomic E-state index is 12.1. The first-order valence-corrected chi connectivity index (χ1v) is 7.09. The predicted molar refractivity (Wildman–Crippen MR) is 77.3 cm³/mol. The zero-order valence-corrected chi connectivity index (χ0v) is 12.2. The third-order valence-electron chi connectivity index (χ3n) is 3.57. The second-order valence-corrected chi connectivity index (χ2v) is 5.75. The van der Waals surface area contributed by atoms with Crippen molar-refractivity contribution in [2.45, 2.75) is 33.1 Å². The summed E-state index contributed by atoms with van der Waals surface area (Å²) >= 11 is 0. The van der Waals surface area contributed by atoms with E-state index in [1.165, 1.54) is 17.7 Å². The van der Waals surface area contributed by atoms with Crippen molar-refractivity contribution in [1.29, 1.82) is 0 Å². The van der Waals surface area contributed by atoms with Gasteiger partial charge in [-0.25, -0.2) is 0 Å². The van der Waals surface area contributed by atoms with Crippen LogP contribution in [0.4, 0.5) is 18.9 Å². The fourth-order valence-corrected chi connectivity index (χ4v) is 2.88. The number of ether oxygens (including phenoxy) is 1. The van der Waals surface area contributed by atoms with Crippen LogP contribution in [0.1, 0.15) is 26.7 Å². The first kappa shape index (κ1) is 15.7. The summed E-state index contributed by atoms with van der Waals surface area (Å²) < 4.78 is 40.0. The van der Waals surface area contributed by atoms with E-state index in [9.17, 15) is 13.2 Å². The van der Waals surface area contributed by atoms with E-state index >= 15 is 0 Å². The van der Waals surface area contributed by atoms with E-state index in [2.05, 4.69) is 30.0 Å². The van der Waals surface area contributed by atoms with E-state index in [0.29, 0.717) is 11.8 Å². The van der Waals surface area contributed by atoms with Gasteiger partial charge in [0, 0.05) is 12.2 Å². The minimum absolute atomic E-state index is 0.196. The normalized spacial score (nSPS) is 22.6. The van der Waals surface area contributed by atoms with Crippen molar-refractivity contribution in [3.63, 3.8) is 0 Å². The number of alkyl halides is 3. The van der Waals surface area contributed by atoms with Gasteiger partial charge in [0.05, 0.1) is 0 Å². The molecule has 0 saturated carbocycles. The van der Waals surface area contributed by atoms with Crippen molar-refractivity contribution in [1.82, 2.24) is 0 Å². The molecule has 0 aromatic heterocycles. The molecular formula is C16H20F3NO. The number of hydrogen-bond donors (Lipinski definition) is 1. The summed E-state index contributed by atoms with van der Waals surface area (Å²) in [5, 5.41) is 3.28. The molecule has 0 aliphatic heterocycles. The monoisotopic (exact) mass is 299 g/mol. The molecular weight excluding hydrogens is 279 g/mol. The van der Waals surface area contributed by atoms with Crippen LogP contribution in [-0.4, -0.2) is 12.9 Å². The number of rotatable bonds is 4. The molecule has 116 valence electrons. The Hall–Kier alpha value is -1.65. The van der Waals surface area contributed by atoms with Gasteiger partial charge in [-0.2, -0.15) is 0 Å². The molecule has 0 bridgehead atoms. The molecule has 1 aliphatic rings. The smallest absolute Gasteiger partial charge is 0.406 e. The van der Waals surface area contributed by atoms with Crippen molar-refractivity contribution in [3.8, 4) is 5.75 Å². The largest absolute Gasteiger partial charge is 0.573 e. The quantitative estimate of drug-likeness (QED) is 0.791. The Morgan fingerprint density at radius 3 is 2.48 bits per heavy atom. The highest BCUT2D eigenvalue weighted by Crippen LogP contribution is 2.28. The molecule has 0 saturated heterocycles. The molecule has 0 amide bonds. The Balaban J connectivity index is 1.85. The van der Waals surface area contributed by atoms with Crippen molar-refractivity contribution in [2.24, 2.45) is 11.8 Å². The molecule has 1 aromatic rings. The van der Waals surface area contributed by atoms with Gasteiger partial charge in [-0.05, 0) is 55.9 Å². The van der Waals surface area contributed by atoms with Gasteiger partial charge in [-0.15, -0.1) is 13.2 Å². The van der Waals surface area contributed by atoms with Crippen LogP contribution in [0.3, 0.4) is 0 Å². The lowest BCUT2D eigenvalue weighted by atomic mass is 9.84. The van der Waals surface area contributed by atoms with Crippen molar-refractivity contribution in [2.75, 3.05) is 11.9 Å². The second kappa shape index (κ2) is 6.41. The van der Waals surface area contributed by atoms with E-state index in [1.54, 1.807) is 12.1 Å². The Morgan fingerprint density at radius 2 is 1.90 bits per heavy atom. The molecule has 2 atom stereocenters. The zero-order valence-electron chi connectivity index (χ0n) is 12.2. The Bertz CT molecular complexity index is 493. The number of hydrogen-bond acceptors (Lipinski definition) is 2. The highest BCUT2D eigenvalue weighted by Gasteiger charge is 2.30. The molecule has 2 nitrogen and oxygen atoms in total. The number of allylic oxidation sites excluding steroid dienone is 2. The second-order valence-electron chi connectivity index (χ2n) is 5.75. The summed E-state index contributed by atoms with van der Waals surface area (Å²) in [6.45, 7) is 5.18. The minimum atomic E-state index is -4.64. The molecule has 1 N–H and O–H groups in total. The summed E-state index contributed by atoms with van der Waals surface area (Å²) in [6, 6.07) is 5.86. The van der Waals surface area contributed by atoms with E-state index in [4.69, 9.17) is 0 Å². The third kappa shape index (κ3) is 5.33. The SMILES string of the molecule is CC1=CC(C)CC(CNc2ccc(OC(F)(F)F)cc2)C1. The topological polar surface area (TPSA) is 21.3 Å². The maximum Gasteiger partial charge on any atom is 0.573 e. The van der Waals surface area contributed by atoms with Gasteiger partial charge in [-0.3, -0.25) is 0 Å². The van der Waals surface area contributed by atoms with E-state index in [-0.39, 0.29) is 5.75 Å². The summed E-state index contributed by atoms with van der Waals surface area (Å²) in [6.07, 6.45) is -0.122. The summed E-state index contributed by atoms with van der Waals surface area (Å²) in [5.41, 5.74) is 2.22. The average molecular weight is 299 g/mol. The van der Waals surface area contributed by atoms with Crippen LogP contribution in [0.25, 0.3) is 0 Å². The van der Waals surface area contributed by atoms with Crippen LogP contribution < -0.4 is 10.1 Å². The average Bonchev–Trinajstić information content (AvgIpc) is 2.35. The van der Waals surface area contributed by atoms with Gasteiger partial charge in [0.15, 0.2) is 0 Å². The minimum Gasteiger partial charge on any atom is -0.406 e. The summed E-state index contributed by atoms with van der Waals surface area (Å²) in [4.78, 5) is 0. The van der Waals surface area contributed by atoms with Gasteiger partial charge in [0.1, 0.15) is 5.75 Å². The molecule has 5 heteroatoms. The van der Waals surface area contributed by atoms with E-state index in [1.807, 2.05) is 0 Å². The first-order valence-electron chi connectivity index (χ1n) is 7.09.